The van der Waals surface area contributed by atoms with Gasteiger partial charge in [-0.25, -0.2) is 23.7 Å². The van der Waals surface area contributed by atoms with Crippen LogP contribution in [0, 0.1) is 0 Å². The molecule has 33 heavy (non-hydrogen) atoms. The maximum atomic E-state index is 13.3. The Labute approximate surface area is 180 Å². The number of alkyl halides is 5. The van der Waals surface area contributed by atoms with Gasteiger partial charge in [0, 0.05) is 18.7 Å². The van der Waals surface area contributed by atoms with E-state index in [1.807, 2.05) is 0 Å². The van der Waals surface area contributed by atoms with Gasteiger partial charge in [0.25, 0.3) is 12.3 Å². The van der Waals surface area contributed by atoms with E-state index in [1.54, 1.807) is 0 Å². The Kier molecular flexibility index (Phi) is 4.79. The van der Waals surface area contributed by atoms with Gasteiger partial charge in [0.1, 0.15) is 5.52 Å². The minimum Gasteiger partial charge on any atom is -0.438 e. The van der Waals surface area contributed by atoms with E-state index in [0.717, 1.165) is 17.4 Å². The first-order valence-electron chi connectivity index (χ1n) is 9.42. The first kappa shape index (κ1) is 20.9. The molecule has 0 saturated heterocycles. The van der Waals surface area contributed by atoms with Crippen LogP contribution in [0.4, 0.5) is 22.0 Å². The van der Waals surface area contributed by atoms with E-state index < -0.39 is 41.9 Å². The fraction of sp³-hybridized carbons (Fsp3) is 0.263. The molecule has 0 unspecified atom stereocenters. The summed E-state index contributed by atoms with van der Waals surface area (Å²) in [6.45, 7) is 0.0344. The molecule has 0 aliphatic carbocycles. The number of hydrogen-bond donors (Lipinski definition) is 1. The van der Waals surface area contributed by atoms with Crippen LogP contribution in [0.5, 0.6) is 5.75 Å². The van der Waals surface area contributed by atoms with E-state index in [9.17, 15) is 26.7 Å². The van der Waals surface area contributed by atoms with Gasteiger partial charge in [-0.3, -0.25) is 4.79 Å². The zero-order chi connectivity index (χ0) is 23.3. The second-order valence-electron chi connectivity index (χ2n) is 6.99. The van der Waals surface area contributed by atoms with Crippen LogP contribution in [0.15, 0.2) is 39.8 Å². The molecule has 14 heteroatoms. The summed E-state index contributed by atoms with van der Waals surface area (Å²) in [7, 11) is 0. The number of para-hydroxylation sites is 1. The van der Waals surface area contributed by atoms with Crippen LogP contribution in [0.3, 0.4) is 0 Å². The van der Waals surface area contributed by atoms with Crippen LogP contribution in [0.2, 0.25) is 0 Å². The molecule has 0 saturated carbocycles. The van der Waals surface area contributed by atoms with Crippen molar-refractivity contribution in [3.05, 3.63) is 59.7 Å². The second kappa shape index (κ2) is 7.56. The molecular formula is C19H12F5N5O4. The molecule has 5 rings (SSSR count). The summed E-state index contributed by atoms with van der Waals surface area (Å²) < 4.78 is 79.4. The van der Waals surface area contributed by atoms with Gasteiger partial charge in [-0.05, 0) is 12.1 Å². The van der Waals surface area contributed by atoms with E-state index >= 15 is 0 Å². The van der Waals surface area contributed by atoms with E-state index in [4.69, 9.17) is 8.83 Å². The number of imidazole rings is 1. The Bertz CT molecular complexity index is 1330. The average Bonchev–Trinajstić information content (AvgIpc) is 3.49. The number of carbonyl (C=O) groups is 1. The number of aromatic amines is 1. The van der Waals surface area contributed by atoms with Gasteiger partial charge < -0.3 is 23.5 Å². The van der Waals surface area contributed by atoms with Gasteiger partial charge >= 0.3 is 6.36 Å². The number of rotatable bonds is 4. The Morgan fingerprint density at radius 3 is 2.85 bits per heavy atom. The summed E-state index contributed by atoms with van der Waals surface area (Å²) in [5, 5.41) is 0. The van der Waals surface area contributed by atoms with Gasteiger partial charge in [-0.15, -0.1) is 13.2 Å². The molecule has 0 radical (unpaired) electrons. The van der Waals surface area contributed by atoms with Crippen LogP contribution in [0.25, 0.3) is 11.1 Å². The number of H-pyrrole nitrogens is 1. The van der Waals surface area contributed by atoms with Crippen molar-refractivity contribution in [1.29, 1.82) is 0 Å². The lowest BCUT2D eigenvalue weighted by molar-refractivity contribution is -0.274. The molecule has 4 aromatic rings. The highest BCUT2D eigenvalue weighted by molar-refractivity contribution is 5.93. The molecule has 1 aromatic carbocycles. The van der Waals surface area contributed by atoms with Crippen LogP contribution >= 0.6 is 0 Å². The number of carbonyl (C=O) groups excluding carboxylic acids is 1. The molecule has 1 aliphatic heterocycles. The largest absolute Gasteiger partial charge is 0.573 e. The molecular weight excluding hydrogens is 457 g/mol. The third-order valence-electron chi connectivity index (χ3n) is 5.04. The molecule has 172 valence electrons. The predicted molar refractivity (Wildman–Crippen MR) is 97.3 cm³/mol. The molecule has 1 atom stereocenters. The van der Waals surface area contributed by atoms with Crippen molar-refractivity contribution < 1.29 is 40.3 Å². The third kappa shape index (κ3) is 3.66. The Morgan fingerprint density at radius 2 is 2.09 bits per heavy atom. The molecule has 0 fully saturated rings. The quantitative estimate of drug-likeness (QED) is 0.447. The minimum absolute atomic E-state index is 0.0344. The molecule has 9 nitrogen and oxygen atoms in total. The minimum atomic E-state index is -4.97. The van der Waals surface area contributed by atoms with Gasteiger partial charge in [0.2, 0.25) is 11.7 Å². The first-order valence-corrected chi connectivity index (χ1v) is 9.42. The summed E-state index contributed by atoms with van der Waals surface area (Å²) >= 11 is 0. The smallest absolute Gasteiger partial charge is 0.438 e. The SMILES string of the molecule is O=C(c1ocnc1C(F)F)N1CCc2[nH]cnc2[C@H]1c1nc2cccc(OC(F)(F)F)c2o1. The molecule has 3 aromatic heterocycles. The van der Waals surface area contributed by atoms with Gasteiger partial charge in [0.05, 0.1) is 12.0 Å². The number of amides is 1. The van der Waals surface area contributed by atoms with Gasteiger partial charge in [-0.1, -0.05) is 6.07 Å². The van der Waals surface area contributed by atoms with Crippen molar-refractivity contribution in [2.24, 2.45) is 0 Å². The Hall–Kier alpha value is -3.97. The summed E-state index contributed by atoms with van der Waals surface area (Å²) in [4.78, 5) is 29.0. The van der Waals surface area contributed by atoms with Crippen molar-refractivity contribution in [2.75, 3.05) is 6.54 Å². The lowest BCUT2D eigenvalue weighted by atomic mass is 10.0. The van der Waals surface area contributed by atoms with E-state index in [-0.39, 0.29) is 23.5 Å². The summed E-state index contributed by atoms with van der Waals surface area (Å²) in [6, 6.07) is 2.62. The van der Waals surface area contributed by atoms with Crippen molar-refractivity contribution >= 4 is 17.0 Å². The number of oxazole rings is 2. The molecule has 1 amide bonds. The van der Waals surface area contributed by atoms with Crippen molar-refractivity contribution in [2.45, 2.75) is 25.3 Å². The lowest BCUT2D eigenvalue weighted by Crippen LogP contribution is -2.41. The number of halogens is 5. The summed E-state index contributed by atoms with van der Waals surface area (Å²) in [5.74, 6) is -2.38. The molecule has 1 N–H and O–H groups in total. The first-order chi connectivity index (χ1) is 15.7. The molecule has 1 aliphatic rings. The molecule has 0 bridgehead atoms. The van der Waals surface area contributed by atoms with Crippen LogP contribution < -0.4 is 4.74 Å². The highest BCUT2D eigenvalue weighted by atomic mass is 19.4. The number of hydrogen-bond acceptors (Lipinski definition) is 7. The predicted octanol–water partition coefficient (Wildman–Crippen LogP) is 4.16. The standard InChI is InChI=1S/C19H12F5N5O4/c20-16(21)12-15(31-7-27-12)18(30)29-5-4-8-11(26-6-25-8)13(29)17-28-9-2-1-3-10(14(9)32-17)33-19(22,23)24/h1-3,6-7,13,16H,4-5H2,(H,25,26)/t13-/m0/s1. The average molecular weight is 469 g/mol. The Balaban J connectivity index is 1.61. The molecule has 4 heterocycles. The topological polar surface area (TPSA) is 110 Å². The summed E-state index contributed by atoms with van der Waals surface area (Å²) in [6.07, 6.45) is -5.63. The van der Waals surface area contributed by atoms with Crippen molar-refractivity contribution in [1.82, 2.24) is 24.8 Å². The number of benzene rings is 1. The monoisotopic (exact) mass is 469 g/mol. The number of aromatic nitrogens is 4. The van der Waals surface area contributed by atoms with E-state index in [1.165, 1.54) is 18.5 Å². The van der Waals surface area contributed by atoms with Crippen LogP contribution in [-0.4, -0.2) is 43.7 Å². The zero-order valence-corrected chi connectivity index (χ0v) is 16.3. The van der Waals surface area contributed by atoms with E-state index in [2.05, 4.69) is 24.7 Å². The number of ether oxygens (including phenoxy) is 1. The maximum absolute atomic E-state index is 13.3. The summed E-state index contributed by atoms with van der Waals surface area (Å²) in [5.41, 5.74) is -0.158. The third-order valence-corrected chi connectivity index (χ3v) is 5.04. The van der Waals surface area contributed by atoms with Crippen molar-refractivity contribution in [3.8, 4) is 5.75 Å². The zero-order valence-electron chi connectivity index (χ0n) is 16.3. The lowest BCUT2D eigenvalue weighted by Gasteiger charge is -2.32. The highest BCUT2D eigenvalue weighted by Gasteiger charge is 2.41. The van der Waals surface area contributed by atoms with E-state index in [0.29, 0.717) is 17.8 Å². The fourth-order valence-corrected chi connectivity index (χ4v) is 3.71. The molecule has 0 spiro atoms. The highest BCUT2D eigenvalue weighted by Crippen LogP contribution is 2.38. The normalized spacial score (nSPS) is 16.4. The van der Waals surface area contributed by atoms with Gasteiger partial charge in [0.15, 0.2) is 29.5 Å². The number of nitrogens with one attached hydrogen (secondary N) is 1. The fourth-order valence-electron chi connectivity index (χ4n) is 3.71. The number of nitrogens with zero attached hydrogens (tertiary/aromatic N) is 4. The Morgan fingerprint density at radius 1 is 1.27 bits per heavy atom. The number of fused-ring (bicyclic) bond motifs is 2. The van der Waals surface area contributed by atoms with Crippen LogP contribution in [0.1, 0.15) is 46.0 Å². The van der Waals surface area contributed by atoms with Crippen molar-refractivity contribution in [3.63, 3.8) is 0 Å². The second-order valence-corrected chi connectivity index (χ2v) is 6.99. The van der Waals surface area contributed by atoms with Gasteiger partial charge in [-0.2, -0.15) is 0 Å². The van der Waals surface area contributed by atoms with Crippen LogP contribution in [-0.2, 0) is 6.42 Å². The maximum Gasteiger partial charge on any atom is 0.573 e.